The standard InChI is InChI=1S/C18H28N2O3/c1-18(2,3)23-17(22)20-11-10-15(16(20)13-21)19(4)12-14-8-6-5-7-9-14/h5-9,15-16,21H,10-13H2,1-4H3/t15-,16-/m1/s1. The van der Waals surface area contributed by atoms with Crippen molar-refractivity contribution < 1.29 is 14.6 Å². The fourth-order valence-corrected chi connectivity index (χ4v) is 3.11. The minimum absolute atomic E-state index is 0.0525. The fourth-order valence-electron chi connectivity index (χ4n) is 3.11. The molecule has 128 valence electrons. The van der Waals surface area contributed by atoms with E-state index in [9.17, 15) is 9.90 Å². The highest BCUT2D eigenvalue weighted by Gasteiger charge is 2.40. The Morgan fingerprint density at radius 2 is 2.00 bits per heavy atom. The van der Waals surface area contributed by atoms with Crippen molar-refractivity contribution in [3.8, 4) is 0 Å². The van der Waals surface area contributed by atoms with Gasteiger partial charge in [0.1, 0.15) is 5.60 Å². The summed E-state index contributed by atoms with van der Waals surface area (Å²) in [5.41, 5.74) is 0.702. The molecule has 1 fully saturated rings. The minimum Gasteiger partial charge on any atom is -0.444 e. The van der Waals surface area contributed by atoms with Gasteiger partial charge < -0.3 is 14.7 Å². The van der Waals surface area contributed by atoms with Gasteiger partial charge in [-0.2, -0.15) is 0 Å². The van der Waals surface area contributed by atoms with Crippen molar-refractivity contribution in [1.82, 2.24) is 9.80 Å². The maximum absolute atomic E-state index is 12.3. The highest BCUT2D eigenvalue weighted by Crippen LogP contribution is 2.25. The van der Waals surface area contributed by atoms with Crippen molar-refractivity contribution in [2.75, 3.05) is 20.2 Å². The third-order valence-electron chi connectivity index (χ3n) is 4.17. The van der Waals surface area contributed by atoms with E-state index in [0.29, 0.717) is 6.54 Å². The van der Waals surface area contributed by atoms with E-state index in [1.165, 1.54) is 5.56 Å². The lowest BCUT2D eigenvalue weighted by atomic mass is 10.1. The van der Waals surface area contributed by atoms with E-state index in [4.69, 9.17) is 4.74 Å². The maximum atomic E-state index is 12.3. The van der Waals surface area contributed by atoms with Crippen LogP contribution in [0.3, 0.4) is 0 Å². The monoisotopic (exact) mass is 320 g/mol. The number of carbonyl (C=O) groups is 1. The zero-order chi connectivity index (χ0) is 17.0. The first-order chi connectivity index (χ1) is 10.8. The molecule has 23 heavy (non-hydrogen) atoms. The van der Waals surface area contributed by atoms with Crippen molar-refractivity contribution >= 4 is 6.09 Å². The Labute approximate surface area is 138 Å². The Balaban J connectivity index is 2.02. The number of aliphatic hydroxyl groups excluding tert-OH is 1. The summed E-state index contributed by atoms with van der Waals surface area (Å²) in [5, 5.41) is 9.79. The van der Waals surface area contributed by atoms with Crippen LogP contribution < -0.4 is 0 Å². The Bertz CT molecular complexity index is 513. The molecule has 1 aromatic rings. The smallest absolute Gasteiger partial charge is 0.410 e. The van der Waals surface area contributed by atoms with E-state index in [0.717, 1.165) is 13.0 Å². The van der Waals surface area contributed by atoms with Gasteiger partial charge in [-0.05, 0) is 39.8 Å². The number of likely N-dealkylation sites (N-methyl/N-ethyl adjacent to an activating group) is 1. The number of nitrogens with zero attached hydrogens (tertiary/aromatic N) is 2. The lowest BCUT2D eigenvalue weighted by molar-refractivity contribution is 0.0118. The summed E-state index contributed by atoms with van der Waals surface area (Å²) >= 11 is 0. The predicted octanol–water partition coefficient (Wildman–Crippen LogP) is 2.49. The average Bonchev–Trinajstić information content (AvgIpc) is 2.90. The minimum atomic E-state index is -0.523. The van der Waals surface area contributed by atoms with Gasteiger partial charge in [-0.25, -0.2) is 4.79 Å². The largest absolute Gasteiger partial charge is 0.444 e. The molecule has 0 aliphatic carbocycles. The van der Waals surface area contributed by atoms with Crippen LogP contribution in [0.15, 0.2) is 30.3 Å². The van der Waals surface area contributed by atoms with Crippen LogP contribution in [0.5, 0.6) is 0 Å². The average molecular weight is 320 g/mol. The predicted molar refractivity (Wildman–Crippen MR) is 90.1 cm³/mol. The first-order valence-corrected chi connectivity index (χ1v) is 8.16. The normalized spacial score (nSPS) is 21.7. The first-order valence-electron chi connectivity index (χ1n) is 8.16. The zero-order valence-corrected chi connectivity index (χ0v) is 14.5. The molecule has 1 aromatic carbocycles. The molecule has 5 nitrogen and oxygen atoms in total. The van der Waals surface area contributed by atoms with Gasteiger partial charge in [-0.15, -0.1) is 0 Å². The molecule has 0 saturated carbocycles. The molecule has 5 heteroatoms. The van der Waals surface area contributed by atoms with E-state index in [1.807, 2.05) is 46.0 Å². The number of amides is 1. The van der Waals surface area contributed by atoms with E-state index in [2.05, 4.69) is 17.0 Å². The van der Waals surface area contributed by atoms with Crippen LogP contribution >= 0.6 is 0 Å². The van der Waals surface area contributed by atoms with E-state index < -0.39 is 5.60 Å². The molecule has 1 aliphatic rings. The second-order valence-electron chi connectivity index (χ2n) is 7.18. The number of rotatable bonds is 4. The third kappa shape index (κ3) is 4.69. The van der Waals surface area contributed by atoms with Gasteiger partial charge >= 0.3 is 6.09 Å². The molecule has 0 radical (unpaired) electrons. The summed E-state index contributed by atoms with van der Waals surface area (Å²) in [6, 6.07) is 10.1. The molecule has 2 rings (SSSR count). The molecular weight excluding hydrogens is 292 g/mol. The van der Waals surface area contributed by atoms with Crippen LogP contribution in [0.2, 0.25) is 0 Å². The SMILES string of the molecule is CN(Cc1ccccc1)[C@@H]1CCN(C(=O)OC(C)(C)C)[C@@H]1CO. The molecule has 1 amide bonds. The van der Waals surface area contributed by atoms with Crippen LogP contribution in [-0.2, 0) is 11.3 Å². The van der Waals surface area contributed by atoms with Gasteiger partial charge in [-0.3, -0.25) is 4.90 Å². The van der Waals surface area contributed by atoms with Gasteiger partial charge in [0, 0.05) is 19.1 Å². The lowest BCUT2D eigenvalue weighted by Crippen LogP contribution is -2.48. The lowest BCUT2D eigenvalue weighted by Gasteiger charge is -2.33. The van der Waals surface area contributed by atoms with Crippen LogP contribution in [0, 0.1) is 0 Å². The number of hydrogen-bond donors (Lipinski definition) is 1. The highest BCUT2D eigenvalue weighted by atomic mass is 16.6. The van der Waals surface area contributed by atoms with Crippen molar-refractivity contribution in [2.24, 2.45) is 0 Å². The third-order valence-corrected chi connectivity index (χ3v) is 4.17. The molecule has 2 atom stereocenters. The number of hydrogen-bond acceptors (Lipinski definition) is 4. The molecule has 0 bridgehead atoms. The molecule has 1 heterocycles. The van der Waals surface area contributed by atoms with Crippen molar-refractivity contribution in [1.29, 1.82) is 0 Å². The van der Waals surface area contributed by atoms with Gasteiger partial charge in [0.2, 0.25) is 0 Å². The summed E-state index contributed by atoms with van der Waals surface area (Å²) in [6.07, 6.45) is 0.500. The number of carbonyl (C=O) groups excluding carboxylic acids is 1. The summed E-state index contributed by atoms with van der Waals surface area (Å²) in [4.78, 5) is 16.2. The topological polar surface area (TPSA) is 53.0 Å². The summed E-state index contributed by atoms with van der Waals surface area (Å²) in [7, 11) is 2.04. The fraction of sp³-hybridized carbons (Fsp3) is 0.611. The summed E-state index contributed by atoms with van der Waals surface area (Å²) in [5.74, 6) is 0. The van der Waals surface area contributed by atoms with Crippen LogP contribution in [0.25, 0.3) is 0 Å². The van der Waals surface area contributed by atoms with Crippen LogP contribution in [0.4, 0.5) is 4.79 Å². The Kier molecular flexibility index (Phi) is 5.65. The Morgan fingerprint density at radius 3 is 2.57 bits per heavy atom. The van der Waals surface area contributed by atoms with Crippen LogP contribution in [0.1, 0.15) is 32.8 Å². The van der Waals surface area contributed by atoms with Crippen molar-refractivity contribution in [3.63, 3.8) is 0 Å². The second-order valence-corrected chi connectivity index (χ2v) is 7.18. The zero-order valence-electron chi connectivity index (χ0n) is 14.5. The molecular formula is C18H28N2O3. The molecule has 0 spiro atoms. The summed E-state index contributed by atoms with van der Waals surface area (Å²) < 4.78 is 5.46. The van der Waals surface area contributed by atoms with Crippen molar-refractivity contribution in [2.45, 2.75) is 51.4 Å². The van der Waals surface area contributed by atoms with E-state index >= 15 is 0 Å². The second kappa shape index (κ2) is 7.32. The van der Waals surface area contributed by atoms with Crippen LogP contribution in [-0.4, -0.2) is 58.9 Å². The summed E-state index contributed by atoms with van der Waals surface area (Å²) in [6.45, 7) is 6.92. The maximum Gasteiger partial charge on any atom is 0.410 e. The quantitative estimate of drug-likeness (QED) is 0.926. The molecule has 1 saturated heterocycles. The number of benzene rings is 1. The van der Waals surface area contributed by atoms with E-state index in [1.54, 1.807) is 4.90 Å². The first kappa shape index (κ1) is 17.8. The Morgan fingerprint density at radius 1 is 1.35 bits per heavy atom. The number of ether oxygens (including phenoxy) is 1. The van der Waals surface area contributed by atoms with Gasteiger partial charge in [0.25, 0.3) is 0 Å². The van der Waals surface area contributed by atoms with E-state index in [-0.39, 0.29) is 24.8 Å². The number of aliphatic hydroxyl groups is 1. The van der Waals surface area contributed by atoms with Gasteiger partial charge in [0.15, 0.2) is 0 Å². The molecule has 0 aromatic heterocycles. The highest BCUT2D eigenvalue weighted by molar-refractivity contribution is 5.69. The molecule has 0 unspecified atom stereocenters. The Hall–Kier alpha value is -1.59. The van der Waals surface area contributed by atoms with Gasteiger partial charge in [0.05, 0.1) is 12.6 Å². The molecule has 1 N–H and O–H groups in total. The van der Waals surface area contributed by atoms with Gasteiger partial charge in [-0.1, -0.05) is 30.3 Å². The number of likely N-dealkylation sites (tertiary alicyclic amines) is 1. The molecule has 1 aliphatic heterocycles. The van der Waals surface area contributed by atoms with Crippen molar-refractivity contribution in [3.05, 3.63) is 35.9 Å².